The predicted molar refractivity (Wildman–Crippen MR) is 122 cm³/mol. The summed E-state index contributed by atoms with van der Waals surface area (Å²) in [7, 11) is 0. The summed E-state index contributed by atoms with van der Waals surface area (Å²) in [6.45, 7) is 7.69. The van der Waals surface area contributed by atoms with Crippen molar-refractivity contribution >= 4 is 34.7 Å². The van der Waals surface area contributed by atoms with E-state index >= 15 is 0 Å². The molecule has 0 bridgehead atoms. The van der Waals surface area contributed by atoms with Crippen LogP contribution < -0.4 is 4.74 Å². The quantitative estimate of drug-likeness (QED) is 0.716. The van der Waals surface area contributed by atoms with Gasteiger partial charge in [-0.05, 0) is 46.7 Å². The molecule has 2 aromatic rings. The molecule has 2 aliphatic heterocycles. The highest BCUT2D eigenvalue weighted by atomic mass is 32.2. The SMILES string of the molecule is CC(C)(C)c1ccc(OCCn2cccc2C=C2C(=N)N3C=CSC3=NC2=O)cc1. The van der Waals surface area contributed by atoms with Crippen LogP contribution >= 0.6 is 11.8 Å². The Morgan fingerprint density at radius 3 is 2.70 bits per heavy atom. The Kier molecular flexibility index (Phi) is 5.39. The molecular formula is C23H24N4O2S. The molecule has 1 aromatic carbocycles. The smallest absolute Gasteiger partial charge is 0.283 e. The molecule has 0 aliphatic carbocycles. The van der Waals surface area contributed by atoms with Gasteiger partial charge in [-0.2, -0.15) is 4.99 Å². The Labute approximate surface area is 180 Å². The predicted octanol–water partition coefficient (Wildman–Crippen LogP) is 4.64. The Hall–Kier alpha value is -3.06. The lowest BCUT2D eigenvalue weighted by Gasteiger charge is -2.22. The lowest BCUT2D eigenvalue weighted by molar-refractivity contribution is -0.114. The van der Waals surface area contributed by atoms with Crippen molar-refractivity contribution in [2.75, 3.05) is 6.61 Å². The van der Waals surface area contributed by atoms with Gasteiger partial charge in [-0.25, -0.2) is 0 Å². The maximum absolute atomic E-state index is 12.4. The number of benzene rings is 1. The molecule has 0 unspecified atom stereocenters. The molecule has 3 heterocycles. The molecule has 0 saturated carbocycles. The number of amides is 1. The van der Waals surface area contributed by atoms with Crippen molar-refractivity contribution in [1.82, 2.24) is 9.47 Å². The van der Waals surface area contributed by atoms with Crippen LogP contribution in [0.15, 0.2) is 64.8 Å². The molecule has 7 heteroatoms. The van der Waals surface area contributed by atoms with Gasteiger partial charge in [-0.3, -0.25) is 15.1 Å². The zero-order valence-corrected chi connectivity index (χ0v) is 18.1. The summed E-state index contributed by atoms with van der Waals surface area (Å²) in [6, 6.07) is 12.0. The molecule has 0 fully saturated rings. The molecule has 4 rings (SSSR count). The number of nitrogens with one attached hydrogen (secondary N) is 1. The van der Waals surface area contributed by atoms with Gasteiger partial charge in [0.1, 0.15) is 18.2 Å². The van der Waals surface area contributed by atoms with Crippen LogP contribution in [0.4, 0.5) is 0 Å². The Balaban J connectivity index is 1.43. The van der Waals surface area contributed by atoms with Gasteiger partial charge >= 0.3 is 0 Å². The number of rotatable bonds is 5. The van der Waals surface area contributed by atoms with E-state index in [9.17, 15) is 4.79 Å². The third-order valence-corrected chi connectivity index (χ3v) is 5.75. The second-order valence-corrected chi connectivity index (χ2v) is 9.00. The van der Waals surface area contributed by atoms with Crippen molar-refractivity contribution in [3.8, 4) is 5.75 Å². The number of hydrogen-bond donors (Lipinski definition) is 1. The molecule has 0 spiro atoms. The van der Waals surface area contributed by atoms with E-state index in [4.69, 9.17) is 10.1 Å². The molecule has 1 aromatic heterocycles. The van der Waals surface area contributed by atoms with Gasteiger partial charge in [-0.15, -0.1) is 0 Å². The van der Waals surface area contributed by atoms with Gasteiger partial charge in [0.05, 0.1) is 12.1 Å². The number of aromatic nitrogens is 1. The number of hydrogen-bond acceptors (Lipinski definition) is 4. The third kappa shape index (κ3) is 4.11. The summed E-state index contributed by atoms with van der Waals surface area (Å²) in [4.78, 5) is 18.1. The number of aliphatic imine (C=N–C) groups is 1. The van der Waals surface area contributed by atoms with Crippen LogP contribution in [-0.4, -0.2) is 33.0 Å². The van der Waals surface area contributed by atoms with E-state index in [1.807, 2.05) is 40.4 Å². The fraction of sp³-hybridized carbons (Fsp3) is 0.261. The lowest BCUT2D eigenvalue weighted by atomic mass is 9.87. The van der Waals surface area contributed by atoms with Gasteiger partial charge in [0.25, 0.3) is 5.91 Å². The molecule has 1 amide bonds. The van der Waals surface area contributed by atoms with E-state index in [1.54, 1.807) is 17.2 Å². The molecule has 154 valence electrons. The van der Waals surface area contributed by atoms with Crippen LogP contribution in [0.5, 0.6) is 5.75 Å². The summed E-state index contributed by atoms with van der Waals surface area (Å²) in [5, 5.41) is 10.7. The van der Waals surface area contributed by atoms with Crippen molar-refractivity contribution in [3.63, 3.8) is 0 Å². The topological polar surface area (TPSA) is 70.7 Å². The summed E-state index contributed by atoms with van der Waals surface area (Å²) < 4.78 is 7.90. The average Bonchev–Trinajstić information content (AvgIpc) is 3.34. The monoisotopic (exact) mass is 420 g/mol. The zero-order valence-electron chi connectivity index (χ0n) is 17.3. The van der Waals surface area contributed by atoms with Crippen molar-refractivity contribution < 1.29 is 9.53 Å². The number of carbonyl (C=O) groups is 1. The number of carbonyl (C=O) groups excluding carboxylic acids is 1. The number of nitrogens with zero attached hydrogens (tertiary/aromatic N) is 3. The lowest BCUT2D eigenvalue weighted by Crippen LogP contribution is -2.35. The van der Waals surface area contributed by atoms with Crippen LogP contribution in [0.2, 0.25) is 0 Å². The fourth-order valence-electron chi connectivity index (χ4n) is 3.25. The van der Waals surface area contributed by atoms with E-state index in [0.717, 1.165) is 11.4 Å². The third-order valence-electron chi connectivity index (χ3n) is 4.99. The molecule has 0 atom stereocenters. The van der Waals surface area contributed by atoms with Crippen molar-refractivity contribution in [1.29, 1.82) is 5.41 Å². The second kappa shape index (κ2) is 7.99. The van der Waals surface area contributed by atoms with Crippen molar-refractivity contribution in [2.45, 2.75) is 32.7 Å². The maximum atomic E-state index is 12.4. The van der Waals surface area contributed by atoms with Crippen LogP contribution in [0.25, 0.3) is 6.08 Å². The Bertz CT molecular complexity index is 1070. The van der Waals surface area contributed by atoms with Gasteiger partial charge in [0, 0.05) is 18.1 Å². The van der Waals surface area contributed by atoms with Crippen LogP contribution in [-0.2, 0) is 16.8 Å². The van der Waals surface area contributed by atoms with E-state index in [0.29, 0.717) is 18.3 Å². The highest BCUT2D eigenvalue weighted by molar-refractivity contribution is 8.16. The van der Waals surface area contributed by atoms with Gasteiger partial charge in [0.2, 0.25) is 0 Å². The normalized spacial score (nSPS) is 17.5. The standard InChI is InChI=1S/C23H24N4O2S/c1-23(2,3)16-6-8-18(9-7-16)29-13-11-26-10-4-5-17(26)15-19-20(24)27-12-14-30-22(27)25-21(19)28/h4-10,12,14-15,24H,11,13H2,1-3H3. The maximum Gasteiger partial charge on any atom is 0.283 e. The van der Waals surface area contributed by atoms with Crippen LogP contribution in [0, 0.1) is 5.41 Å². The Morgan fingerprint density at radius 1 is 1.20 bits per heavy atom. The zero-order chi connectivity index (χ0) is 21.3. The highest BCUT2D eigenvalue weighted by Gasteiger charge is 2.31. The summed E-state index contributed by atoms with van der Waals surface area (Å²) in [5.74, 6) is 0.596. The van der Waals surface area contributed by atoms with Crippen LogP contribution in [0.1, 0.15) is 32.0 Å². The van der Waals surface area contributed by atoms with Gasteiger partial charge in [-0.1, -0.05) is 44.7 Å². The largest absolute Gasteiger partial charge is 0.492 e. The molecule has 0 radical (unpaired) electrons. The minimum absolute atomic E-state index is 0.116. The molecule has 6 nitrogen and oxygen atoms in total. The minimum Gasteiger partial charge on any atom is -0.492 e. The first-order chi connectivity index (χ1) is 14.3. The van der Waals surface area contributed by atoms with E-state index in [2.05, 4.69) is 37.9 Å². The second-order valence-electron chi connectivity index (χ2n) is 8.13. The van der Waals surface area contributed by atoms with Gasteiger partial charge in [0.15, 0.2) is 5.17 Å². The molecule has 30 heavy (non-hydrogen) atoms. The molecule has 1 N–H and O–H groups in total. The summed E-state index contributed by atoms with van der Waals surface area (Å²) >= 11 is 1.34. The number of fused-ring (bicyclic) bond motifs is 1. The number of ether oxygens (including phenoxy) is 1. The summed E-state index contributed by atoms with van der Waals surface area (Å²) in [6.07, 6.45) is 5.42. The highest BCUT2D eigenvalue weighted by Crippen LogP contribution is 2.27. The van der Waals surface area contributed by atoms with E-state index < -0.39 is 0 Å². The fourth-order valence-corrected chi connectivity index (χ4v) is 3.96. The summed E-state index contributed by atoms with van der Waals surface area (Å²) in [5.41, 5.74) is 2.50. The molecule has 2 aliphatic rings. The average molecular weight is 421 g/mol. The molecule has 0 saturated heterocycles. The van der Waals surface area contributed by atoms with E-state index in [1.165, 1.54) is 17.3 Å². The van der Waals surface area contributed by atoms with Crippen LogP contribution in [0.3, 0.4) is 0 Å². The first kappa shape index (κ1) is 20.2. The van der Waals surface area contributed by atoms with E-state index in [-0.39, 0.29) is 22.7 Å². The first-order valence-electron chi connectivity index (χ1n) is 9.77. The van der Waals surface area contributed by atoms with Crippen molar-refractivity contribution in [2.24, 2.45) is 4.99 Å². The first-order valence-corrected chi connectivity index (χ1v) is 10.7. The Morgan fingerprint density at radius 2 is 1.97 bits per heavy atom. The minimum atomic E-state index is -0.384. The molecular weight excluding hydrogens is 396 g/mol. The van der Waals surface area contributed by atoms with Gasteiger partial charge < -0.3 is 9.30 Å². The number of thioether (sulfide) groups is 1. The number of amidine groups is 2. The van der Waals surface area contributed by atoms with Crippen molar-refractivity contribution in [3.05, 3.63) is 71.0 Å².